The fraction of sp³-hybridized carbons (Fsp3) is 0.611. The average Bonchev–Trinajstić information content (AvgIpc) is 2.56. The number of benzene rings is 1. The van der Waals surface area contributed by atoms with Gasteiger partial charge in [-0.2, -0.15) is 0 Å². The molecular formula is C18H32IN3O2. The van der Waals surface area contributed by atoms with Gasteiger partial charge in [-0.15, -0.1) is 24.0 Å². The van der Waals surface area contributed by atoms with Crippen LogP contribution in [0.1, 0.15) is 25.8 Å². The Morgan fingerprint density at radius 3 is 2.38 bits per heavy atom. The van der Waals surface area contributed by atoms with E-state index in [9.17, 15) is 0 Å². The molecule has 24 heavy (non-hydrogen) atoms. The van der Waals surface area contributed by atoms with Crippen LogP contribution >= 0.6 is 24.0 Å². The Morgan fingerprint density at radius 1 is 1.12 bits per heavy atom. The summed E-state index contributed by atoms with van der Waals surface area (Å²) in [5.41, 5.74) is 1.28. The molecule has 0 saturated heterocycles. The Labute approximate surface area is 163 Å². The lowest BCUT2D eigenvalue weighted by Crippen LogP contribution is -2.38. The average molecular weight is 449 g/mol. The second-order valence-electron chi connectivity index (χ2n) is 5.87. The topological polar surface area (TPSA) is 54.9 Å². The second kappa shape index (κ2) is 14.3. The molecule has 0 spiro atoms. The molecule has 0 bridgehead atoms. The van der Waals surface area contributed by atoms with Gasteiger partial charge in [0.05, 0.1) is 6.61 Å². The van der Waals surface area contributed by atoms with Crippen LogP contribution in [0.25, 0.3) is 0 Å². The molecule has 2 N–H and O–H groups in total. The molecule has 0 aliphatic rings. The van der Waals surface area contributed by atoms with Crippen LogP contribution in [0, 0.1) is 5.92 Å². The number of guanidine groups is 1. The number of methoxy groups -OCH3 is 1. The van der Waals surface area contributed by atoms with E-state index in [1.807, 2.05) is 12.1 Å². The molecule has 1 aromatic carbocycles. The summed E-state index contributed by atoms with van der Waals surface area (Å²) >= 11 is 0. The van der Waals surface area contributed by atoms with Crippen LogP contribution in [0.3, 0.4) is 0 Å². The molecule has 0 heterocycles. The highest BCUT2D eigenvalue weighted by atomic mass is 127. The summed E-state index contributed by atoms with van der Waals surface area (Å²) in [6.45, 7) is 7.51. The highest BCUT2D eigenvalue weighted by Gasteiger charge is 2.00. The lowest BCUT2D eigenvalue weighted by molar-refractivity contribution is 0.195. The minimum absolute atomic E-state index is 0. The molecule has 1 rings (SSSR count). The Morgan fingerprint density at radius 2 is 1.79 bits per heavy atom. The smallest absolute Gasteiger partial charge is 0.190 e. The zero-order valence-electron chi connectivity index (χ0n) is 15.3. The van der Waals surface area contributed by atoms with E-state index in [4.69, 9.17) is 9.47 Å². The Balaban J connectivity index is 0.00000529. The summed E-state index contributed by atoms with van der Waals surface area (Å²) in [7, 11) is 3.50. The summed E-state index contributed by atoms with van der Waals surface area (Å²) < 4.78 is 10.7. The zero-order valence-corrected chi connectivity index (χ0v) is 17.6. The van der Waals surface area contributed by atoms with E-state index in [0.717, 1.165) is 50.9 Å². The molecule has 6 heteroatoms. The molecule has 0 saturated carbocycles. The number of nitrogens with one attached hydrogen (secondary N) is 2. The first-order valence-corrected chi connectivity index (χ1v) is 8.31. The number of hydrogen-bond acceptors (Lipinski definition) is 3. The van der Waals surface area contributed by atoms with Crippen LogP contribution in [0.5, 0.6) is 5.75 Å². The monoisotopic (exact) mass is 449 g/mol. The van der Waals surface area contributed by atoms with E-state index < -0.39 is 0 Å². The largest absolute Gasteiger partial charge is 0.493 e. The van der Waals surface area contributed by atoms with E-state index in [1.165, 1.54) is 5.56 Å². The molecular weight excluding hydrogens is 417 g/mol. The zero-order chi connectivity index (χ0) is 16.9. The van der Waals surface area contributed by atoms with E-state index >= 15 is 0 Å². The maximum absolute atomic E-state index is 5.69. The first-order chi connectivity index (χ1) is 11.2. The third-order valence-electron chi connectivity index (χ3n) is 3.25. The molecule has 0 amide bonds. The van der Waals surface area contributed by atoms with Gasteiger partial charge in [0.2, 0.25) is 0 Å². The standard InChI is InChI=1S/C18H31N3O2.HI/c1-15(2)14-23-17-8-6-16(7-9-17)10-12-21-18(19-3)20-11-5-13-22-4;/h6-9,15H,5,10-14H2,1-4H3,(H2,19,20,21);1H. The molecule has 0 atom stereocenters. The van der Waals surface area contributed by atoms with Gasteiger partial charge in [-0.25, -0.2) is 0 Å². The SMILES string of the molecule is CN=C(NCCCOC)NCCc1ccc(OCC(C)C)cc1.I. The normalized spacial score (nSPS) is 11.1. The Bertz CT molecular complexity index is 450. The number of ether oxygens (including phenoxy) is 2. The van der Waals surface area contributed by atoms with Crippen molar-refractivity contribution in [2.24, 2.45) is 10.9 Å². The minimum atomic E-state index is 0. The van der Waals surface area contributed by atoms with Crippen LogP contribution in [-0.2, 0) is 11.2 Å². The van der Waals surface area contributed by atoms with Crippen molar-refractivity contribution in [1.29, 1.82) is 0 Å². The van der Waals surface area contributed by atoms with Gasteiger partial charge in [-0.3, -0.25) is 4.99 Å². The number of aliphatic imine (C=N–C) groups is 1. The molecule has 5 nitrogen and oxygen atoms in total. The number of nitrogens with zero attached hydrogens (tertiary/aromatic N) is 1. The van der Waals surface area contributed by atoms with Crippen molar-refractivity contribution in [3.05, 3.63) is 29.8 Å². The van der Waals surface area contributed by atoms with Crippen LogP contribution in [0.2, 0.25) is 0 Å². The maximum atomic E-state index is 5.69. The molecule has 0 unspecified atom stereocenters. The van der Waals surface area contributed by atoms with Crippen molar-refractivity contribution >= 4 is 29.9 Å². The van der Waals surface area contributed by atoms with Gasteiger partial charge in [0.1, 0.15) is 5.75 Å². The highest BCUT2D eigenvalue weighted by molar-refractivity contribution is 14.0. The molecule has 1 aromatic rings. The van der Waals surface area contributed by atoms with Crippen LogP contribution in [0.15, 0.2) is 29.3 Å². The van der Waals surface area contributed by atoms with Gasteiger partial charge in [-0.05, 0) is 36.5 Å². The quantitative estimate of drug-likeness (QED) is 0.250. The molecule has 0 fully saturated rings. The van der Waals surface area contributed by atoms with Crippen molar-refractivity contribution < 1.29 is 9.47 Å². The fourth-order valence-corrected chi connectivity index (χ4v) is 1.98. The van der Waals surface area contributed by atoms with E-state index in [-0.39, 0.29) is 24.0 Å². The van der Waals surface area contributed by atoms with Gasteiger partial charge in [0.15, 0.2) is 5.96 Å². The first kappa shape index (κ1) is 23.0. The molecule has 0 aromatic heterocycles. The lowest BCUT2D eigenvalue weighted by atomic mass is 10.1. The highest BCUT2D eigenvalue weighted by Crippen LogP contribution is 2.13. The van der Waals surface area contributed by atoms with Gasteiger partial charge in [0, 0.05) is 33.9 Å². The summed E-state index contributed by atoms with van der Waals surface area (Å²) in [5.74, 6) is 2.31. The van der Waals surface area contributed by atoms with Crippen molar-refractivity contribution in [3.8, 4) is 5.75 Å². The maximum Gasteiger partial charge on any atom is 0.190 e. The summed E-state index contributed by atoms with van der Waals surface area (Å²) in [5, 5.41) is 6.58. The predicted molar refractivity (Wildman–Crippen MR) is 112 cm³/mol. The van der Waals surface area contributed by atoms with Crippen LogP contribution in [-0.4, -0.2) is 46.4 Å². The number of halogens is 1. The lowest BCUT2D eigenvalue weighted by Gasteiger charge is -2.12. The minimum Gasteiger partial charge on any atom is -0.493 e. The third kappa shape index (κ3) is 10.7. The summed E-state index contributed by atoms with van der Waals surface area (Å²) in [6, 6.07) is 8.31. The summed E-state index contributed by atoms with van der Waals surface area (Å²) in [6.07, 6.45) is 1.91. The predicted octanol–water partition coefficient (Wildman–Crippen LogP) is 3.08. The molecule has 138 valence electrons. The van der Waals surface area contributed by atoms with Crippen molar-refractivity contribution in [2.75, 3.05) is 40.5 Å². The third-order valence-corrected chi connectivity index (χ3v) is 3.25. The van der Waals surface area contributed by atoms with Crippen LogP contribution in [0.4, 0.5) is 0 Å². The number of hydrogen-bond donors (Lipinski definition) is 2. The van der Waals surface area contributed by atoms with Crippen LogP contribution < -0.4 is 15.4 Å². The number of rotatable bonds is 10. The van der Waals surface area contributed by atoms with Gasteiger partial charge < -0.3 is 20.1 Å². The Kier molecular flexibility index (Phi) is 13.7. The summed E-state index contributed by atoms with van der Waals surface area (Å²) in [4.78, 5) is 4.21. The van der Waals surface area contributed by atoms with Crippen molar-refractivity contribution in [3.63, 3.8) is 0 Å². The Hall–Kier alpha value is -1.02. The van der Waals surface area contributed by atoms with Gasteiger partial charge in [0.25, 0.3) is 0 Å². The van der Waals surface area contributed by atoms with E-state index in [0.29, 0.717) is 5.92 Å². The first-order valence-electron chi connectivity index (χ1n) is 8.31. The fourth-order valence-electron chi connectivity index (χ4n) is 1.98. The second-order valence-corrected chi connectivity index (χ2v) is 5.87. The van der Waals surface area contributed by atoms with Gasteiger partial charge >= 0.3 is 0 Å². The van der Waals surface area contributed by atoms with Gasteiger partial charge in [-0.1, -0.05) is 26.0 Å². The van der Waals surface area contributed by atoms with E-state index in [1.54, 1.807) is 14.2 Å². The molecule has 0 radical (unpaired) electrons. The van der Waals surface area contributed by atoms with Crippen molar-refractivity contribution in [1.82, 2.24) is 10.6 Å². The molecule has 0 aliphatic heterocycles. The van der Waals surface area contributed by atoms with Crippen molar-refractivity contribution in [2.45, 2.75) is 26.7 Å². The van der Waals surface area contributed by atoms with E-state index in [2.05, 4.69) is 41.6 Å². The molecule has 0 aliphatic carbocycles.